The summed E-state index contributed by atoms with van der Waals surface area (Å²) in [6.07, 6.45) is 0. The van der Waals surface area contributed by atoms with E-state index in [4.69, 9.17) is 10.0 Å². The molecule has 3 N–H and O–H groups in total. The second kappa shape index (κ2) is 5.33. The van der Waals surface area contributed by atoms with Gasteiger partial charge < -0.3 is 15.0 Å². The molecule has 1 aromatic heterocycles. The predicted octanol–water partition coefficient (Wildman–Crippen LogP) is 0.342. The van der Waals surface area contributed by atoms with Crippen molar-refractivity contribution in [3.63, 3.8) is 0 Å². The van der Waals surface area contributed by atoms with Crippen LogP contribution >= 0.6 is 0 Å². The van der Waals surface area contributed by atoms with Gasteiger partial charge in [-0.05, 0) is 24.4 Å². The number of pyridine rings is 1. The van der Waals surface area contributed by atoms with Gasteiger partial charge in [-0.2, -0.15) is 0 Å². The molecular weight excluding hydrogens is 193 g/mol. The Morgan fingerprint density at radius 3 is 2.53 bits per heavy atom. The molecule has 0 unspecified atom stereocenters. The Balaban J connectivity index is 0.000000337. The second-order valence-corrected chi connectivity index (χ2v) is 2.98. The van der Waals surface area contributed by atoms with Crippen LogP contribution < -0.4 is 5.56 Å². The summed E-state index contributed by atoms with van der Waals surface area (Å²) < 4.78 is 0. The molecule has 0 aliphatic rings. The van der Waals surface area contributed by atoms with Crippen molar-refractivity contribution >= 4 is 18.6 Å². The van der Waals surface area contributed by atoms with Crippen LogP contribution in [-0.4, -0.2) is 22.7 Å². The van der Waals surface area contributed by atoms with Gasteiger partial charge in [-0.1, -0.05) is 18.2 Å². The first-order valence-corrected chi connectivity index (χ1v) is 4.38. The van der Waals surface area contributed by atoms with E-state index in [1.165, 1.54) is 0 Å². The van der Waals surface area contributed by atoms with Gasteiger partial charge in [-0.15, -0.1) is 0 Å². The van der Waals surface area contributed by atoms with E-state index >= 15 is 0 Å². The van der Waals surface area contributed by atoms with Gasteiger partial charge in [0.05, 0.1) is 0 Å². The van der Waals surface area contributed by atoms with E-state index in [1.54, 1.807) is 0 Å². The lowest BCUT2D eigenvalue weighted by molar-refractivity contribution is 0.448. The first-order chi connectivity index (χ1) is 7.19. The van der Waals surface area contributed by atoms with Crippen LogP contribution in [0.4, 0.5) is 0 Å². The van der Waals surface area contributed by atoms with E-state index in [1.807, 2.05) is 37.3 Å². The van der Waals surface area contributed by atoms with Crippen LogP contribution in [0.15, 0.2) is 35.1 Å². The highest BCUT2D eigenvalue weighted by molar-refractivity contribution is 6.13. The maximum absolute atomic E-state index is 11.2. The zero-order valence-corrected chi connectivity index (χ0v) is 8.27. The average Bonchev–Trinajstić information content (AvgIpc) is 2.21. The topological polar surface area (TPSA) is 73.3 Å². The summed E-state index contributed by atoms with van der Waals surface area (Å²) in [5, 5.41) is 15.1. The minimum absolute atomic E-state index is 0. The predicted molar refractivity (Wildman–Crippen MR) is 59.5 cm³/mol. The van der Waals surface area contributed by atoms with Crippen molar-refractivity contribution in [3.05, 3.63) is 46.2 Å². The third-order valence-corrected chi connectivity index (χ3v) is 1.94. The van der Waals surface area contributed by atoms with Gasteiger partial charge in [0.1, 0.15) is 0 Å². The molecule has 0 spiro atoms. The van der Waals surface area contributed by atoms with Crippen molar-refractivity contribution in [2.24, 2.45) is 0 Å². The van der Waals surface area contributed by atoms with E-state index in [9.17, 15) is 4.79 Å². The van der Waals surface area contributed by atoms with Gasteiger partial charge in [-0.3, -0.25) is 4.79 Å². The highest BCUT2D eigenvalue weighted by Crippen LogP contribution is 2.08. The minimum atomic E-state index is -0.00583. The fraction of sp³-hybridized carbons (Fsp3) is 0.100. The highest BCUT2D eigenvalue weighted by Gasteiger charge is 1.95. The van der Waals surface area contributed by atoms with Gasteiger partial charge in [0.25, 0.3) is 5.56 Å². The van der Waals surface area contributed by atoms with E-state index in [0.717, 1.165) is 16.5 Å². The average molecular weight is 204 g/mol. The smallest absolute Gasteiger partial charge is 0.429 e. The molecule has 2 rings (SSSR count). The van der Waals surface area contributed by atoms with Crippen molar-refractivity contribution in [2.45, 2.75) is 6.92 Å². The van der Waals surface area contributed by atoms with Crippen molar-refractivity contribution in [1.29, 1.82) is 0 Å². The lowest BCUT2D eigenvalue weighted by atomic mass is 10.2. The molecule has 0 atom stereocenters. The zero-order valence-electron chi connectivity index (χ0n) is 8.27. The summed E-state index contributed by atoms with van der Waals surface area (Å²) in [5.74, 6) is 0. The number of aromatic amines is 1. The van der Waals surface area contributed by atoms with E-state index in [-0.39, 0.29) is 13.2 Å². The van der Waals surface area contributed by atoms with Crippen LogP contribution in [-0.2, 0) is 0 Å². The van der Waals surface area contributed by atoms with Crippen LogP contribution in [0, 0.1) is 6.92 Å². The number of aromatic nitrogens is 1. The van der Waals surface area contributed by atoms with Crippen LogP contribution in [0.5, 0.6) is 0 Å². The Kier molecular flexibility index (Phi) is 4.09. The molecule has 77 valence electrons. The third-order valence-electron chi connectivity index (χ3n) is 1.94. The van der Waals surface area contributed by atoms with E-state index < -0.39 is 0 Å². The molecule has 0 bridgehead atoms. The number of benzene rings is 1. The first kappa shape index (κ1) is 11.5. The number of para-hydroxylation sites is 1. The molecular formula is C10H11BNO3. The summed E-state index contributed by atoms with van der Waals surface area (Å²) >= 11 is 0. The third kappa shape index (κ3) is 2.94. The Morgan fingerprint density at radius 2 is 1.87 bits per heavy atom. The van der Waals surface area contributed by atoms with E-state index in [2.05, 4.69) is 4.98 Å². The van der Waals surface area contributed by atoms with Gasteiger partial charge in [0.2, 0.25) is 0 Å². The van der Waals surface area contributed by atoms with Gasteiger partial charge >= 0.3 is 7.69 Å². The maximum atomic E-state index is 11.2. The maximum Gasteiger partial charge on any atom is 0.482 e. The summed E-state index contributed by atoms with van der Waals surface area (Å²) in [4.78, 5) is 14.0. The molecule has 5 heteroatoms. The van der Waals surface area contributed by atoms with Crippen molar-refractivity contribution < 1.29 is 10.0 Å². The first-order valence-electron chi connectivity index (χ1n) is 4.38. The number of nitrogens with one attached hydrogen (secondary N) is 1. The normalized spacial score (nSPS) is 9.27. The lowest BCUT2D eigenvalue weighted by Gasteiger charge is -1.97. The summed E-state index contributed by atoms with van der Waals surface area (Å²) in [7, 11) is 0. The fourth-order valence-corrected chi connectivity index (χ4v) is 1.26. The van der Waals surface area contributed by atoms with Gasteiger partial charge in [0.15, 0.2) is 0 Å². The lowest BCUT2D eigenvalue weighted by Crippen LogP contribution is -2.08. The Bertz CT molecular complexity index is 495. The monoisotopic (exact) mass is 204 g/mol. The van der Waals surface area contributed by atoms with Crippen LogP contribution in [0.1, 0.15) is 5.56 Å². The SMILES string of the molecule is Cc1cc2ccccc2[nH]c1=O.O[B]O. The molecule has 0 saturated carbocycles. The van der Waals surface area contributed by atoms with Crippen LogP contribution in [0.2, 0.25) is 0 Å². The molecule has 1 aromatic carbocycles. The molecule has 4 nitrogen and oxygen atoms in total. The van der Waals surface area contributed by atoms with Crippen molar-refractivity contribution in [3.8, 4) is 0 Å². The van der Waals surface area contributed by atoms with Crippen LogP contribution in [0.3, 0.4) is 0 Å². The molecule has 15 heavy (non-hydrogen) atoms. The summed E-state index contributed by atoms with van der Waals surface area (Å²) in [6.45, 7) is 1.81. The zero-order chi connectivity index (χ0) is 11.3. The standard InChI is InChI=1S/C10H9NO.BH2O2/c1-7-6-8-4-2-3-5-9(8)11-10(7)12;2-1-3/h2-6H,1H3,(H,11,12);2-3H. The number of rotatable bonds is 0. The molecule has 0 amide bonds. The second-order valence-electron chi connectivity index (χ2n) is 2.98. The Labute approximate surface area is 87.5 Å². The minimum Gasteiger partial charge on any atom is -0.429 e. The Morgan fingerprint density at radius 1 is 1.27 bits per heavy atom. The largest absolute Gasteiger partial charge is 0.482 e. The van der Waals surface area contributed by atoms with E-state index in [0.29, 0.717) is 0 Å². The fourth-order valence-electron chi connectivity index (χ4n) is 1.26. The highest BCUT2D eigenvalue weighted by atomic mass is 16.4. The number of hydrogen-bond acceptors (Lipinski definition) is 3. The van der Waals surface area contributed by atoms with Crippen LogP contribution in [0.25, 0.3) is 10.9 Å². The number of fused-ring (bicyclic) bond motifs is 1. The summed E-state index contributed by atoms with van der Waals surface area (Å²) in [6, 6.07) is 9.65. The molecule has 2 aromatic rings. The van der Waals surface area contributed by atoms with Gasteiger partial charge in [0, 0.05) is 11.1 Å². The van der Waals surface area contributed by atoms with Crippen molar-refractivity contribution in [1.82, 2.24) is 4.98 Å². The quantitative estimate of drug-likeness (QED) is 0.541. The molecule has 0 aliphatic carbocycles. The van der Waals surface area contributed by atoms with Crippen molar-refractivity contribution in [2.75, 3.05) is 0 Å². The molecule has 0 saturated heterocycles. The molecule has 1 radical (unpaired) electrons. The number of hydrogen-bond donors (Lipinski definition) is 3. The molecule has 1 heterocycles. The van der Waals surface area contributed by atoms with Gasteiger partial charge in [-0.25, -0.2) is 0 Å². The number of aryl methyl sites for hydroxylation is 1. The molecule has 0 aliphatic heterocycles. The molecule has 0 fully saturated rings. The summed E-state index contributed by atoms with van der Waals surface area (Å²) in [5.41, 5.74) is 1.65. The number of H-pyrrole nitrogens is 1. The Hall–Kier alpha value is -1.59.